The molecule has 0 spiro atoms. The molecule has 0 bridgehead atoms. The molecular formula is C14H22O4Si. The van der Waals surface area contributed by atoms with E-state index < -0.39 is 9.05 Å². The molecule has 0 aliphatic carbocycles. The standard InChI is InChI=1S/C14H22O4Si/c1-6-12-10-8-9-11-13(12)14(7-2)18-19(15-3,16-4)17-5/h6,8-11,14H,1,7H2,2-5H3. The molecule has 0 saturated carbocycles. The summed E-state index contributed by atoms with van der Waals surface area (Å²) >= 11 is 0. The quantitative estimate of drug-likeness (QED) is 0.686. The average molecular weight is 282 g/mol. The molecule has 0 radical (unpaired) electrons. The third kappa shape index (κ3) is 3.74. The Kier molecular flexibility index (Phi) is 6.40. The predicted molar refractivity (Wildman–Crippen MR) is 77.4 cm³/mol. The summed E-state index contributed by atoms with van der Waals surface area (Å²) in [4.78, 5) is 0. The molecule has 5 heteroatoms. The van der Waals surface area contributed by atoms with Gasteiger partial charge in [-0.3, -0.25) is 0 Å². The van der Waals surface area contributed by atoms with Crippen LogP contribution in [0, 0.1) is 0 Å². The van der Waals surface area contributed by atoms with E-state index in [9.17, 15) is 0 Å². The van der Waals surface area contributed by atoms with Gasteiger partial charge in [-0.1, -0.05) is 43.8 Å². The Hall–Kier alpha value is -0.983. The van der Waals surface area contributed by atoms with Gasteiger partial charge in [-0.2, -0.15) is 0 Å². The molecule has 0 N–H and O–H groups in total. The summed E-state index contributed by atoms with van der Waals surface area (Å²) in [7, 11) is 1.55. The van der Waals surface area contributed by atoms with Gasteiger partial charge in [-0.05, 0) is 17.5 Å². The maximum atomic E-state index is 5.99. The molecule has 1 atom stereocenters. The first-order valence-electron chi connectivity index (χ1n) is 6.21. The minimum Gasteiger partial charge on any atom is -0.355 e. The fourth-order valence-corrected chi connectivity index (χ4v) is 3.36. The largest absolute Gasteiger partial charge is 0.679 e. The topological polar surface area (TPSA) is 36.9 Å². The fourth-order valence-electron chi connectivity index (χ4n) is 1.93. The number of hydrogen-bond donors (Lipinski definition) is 0. The summed E-state index contributed by atoms with van der Waals surface area (Å²) in [6.45, 7) is 5.87. The molecule has 1 aromatic carbocycles. The van der Waals surface area contributed by atoms with E-state index in [-0.39, 0.29) is 6.10 Å². The predicted octanol–water partition coefficient (Wildman–Crippen LogP) is 3.17. The Morgan fingerprint density at radius 1 is 1.16 bits per heavy atom. The molecule has 1 unspecified atom stereocenters. The second-order valence-electron chi connectivity index (χ2n) is 3.96. The van der Waals surface area contributed by atoms with Crippen LogP contribution in [-0.2, 0) is 17.7 Å². The lowest BCUT2D eigenvalue weighted by Gasteiger charge is -2.28. The van der Waals surface area contributed by atoms with Crippen molar-refractivity contribution in [2.75, 3.05) is 21.3 Å². The van der Waals surface area contributed by atoms with Gasteiger partial charge >= 0.3 is 9.05 Å². The fraction of sp³-hybridized carbons (Fsp3) is 0.429. The van der Waals surface area contributed by atoms with Crippen molar-refractivity contribution in [3.05, 3.63) is 42.0 Å². The molecule has 0 heterocycles. The highest BCUT2D eigenvalue weighted by molar-refractivity contribution is 6.53. The Bertz CT molecular complexity index is 396. The zero-order valence-corrected chi connectivity index (χ0v) is 13.0. The van der Waals surface area contributed by atoms with Gasteiger partial charge in [-0.15, -0.1) is 0 Å². The highest BCUT2D eigenvalue weighted by Crippen LogP contribution is 2.29. The van der Waals surface area contributed by atoms with E-state index in [1.165, 1.54) is 21.3 Å². The Balaban J connectivity index is 3.03. The van der Waals surface area contributed by atoms with Crippen molar-refractivity contribution in [2.24, 2.45) is 0 Å². The van der Waals surface area contributed by atoms with E-state index in [1.54, 1.807) is 0 Å². The van der Waals surface area contributed by atoms with Gasteiger partial charge in [0, 0.05) is 21.3 Å². The van der Waals surface area contributed by atoms with Crippen molar-refractivity contribution >= 4 is 15.1 Å². The highest BCUT2D eigenvalue weighted by atomic mass is 28.4. The maximum Gasteiger partial charge on any atom is 0.679 e. The maximum absolute atomic E-state index is 5.99. The molecule has 106 valence electrons. The first kappa shape index (κ1) is 16.1. The van der Waals surface area contributed by atoms with E-state index in [0.717, 1.165) is 17.5 Å². The van der Waals surface area contributed by atoms with Gasteiger partial charge in [0.25, 0.3) is 0 Å². The third-order valence-corrected chi connectivity index (χ3v) is 5.04. The third-order valence-electron chi connectivity index (χ3n) is 2.97. The number of rotatable bonds is 8. The van der Waals surface area contributed by atoms with E-state index in [1.807, 2.05) is 37.3 Å². The lowest BCUT2D eigenvalue weighted by Crippen LogP contribution is -2.47. The summed E-state index contributed by atoms with van der Waals surface area (Å²) in [5.74, 6) is 0. The molecule has 1 aromatic rings. The average Bonchev–Trinajstić information content (AvgIpc) is 2.49. The summed E-state index contributed by atoms with van der Waals surface area (Å²) < 4.78 is 21.9. The van der Waals surface area contributed by atoms with Crippen LogP contribution in [0.4, 0.5) is 0 Å². The smallest absolute Gasteiger partial charge is 0.355 e. The van der Waals surface area contributed by atoms with Crippen LogP contribution in [0.5, 0.6) is 0 Å². The lowest BCUT2D eigenvalue weighted by atomic mass is 10.0. The van der Waals surface area contributed by atoms with Crippen molar-refractivity contribution in [1.82, 2.24) is 0 Å². The molecule has 0 aliphatic heterocycles. The summed E-state index contributed by atoms with van der Waals surface area (Å²) in [5, 5.41) is 0. The molecule has 4 nitrogen and oxygen atoms in total. The first-order chi connectivity index (χ1) is 9.16. The van der Waals surface area contributed by atoms with Crippen LogP contribution in [-0.4, -0.2) is 30.4 Å². The highest BCUT2D eigenvalue weighted by Gasteiger charge is 2.44. The molecule has 0 aromatic heterocycles. The van der Waals surface area contributed by atoms with Crippen LogP contribution in [0.3, 0.4) is 0 Å². The molecule has 0 aliphatic rings. The second kappa shape index (κ2) is 7.57. The Morgan fingerprint density at radius 3 is 2.21 bits per heavy atom. The van der Waals surface area contributed by atoms with Crippen molar-refractivity contribution in [3.8, 4) is 0 Å². The van der Waals surface area contributed by atoms with Crippen molar-refractivity contribution in [3.63, 3.8) is 0 Å². The van der Waals surface area contributed by atoms with E-state index >= 15 is 0 Å². The van der Waals surface area contributed by atoms with Gasteiger partial charge in [-0.25, -0.2) is 0 Å². The van der Waals surface area contributed by atoms with Gasteiger partial charge in [0.15, 0.2) is 0 Å². The van der Waals surface area contributed by atoms with Gasteiger partial charge < -0.3 is 17.7 Å². The molecular weight excluding hydrogens is 260 g/mol. The lowest BCUT2D eigenvalue weighted by molar-refractivity contribution is -0.0243. The van der Waals surface area contributed by atoms with Crippen molar-refractivity contribution in [2.45, 2.75) is 19.4 Å². The van der Waals surface area contributed by atoms with Crippen molar-refractivity contribution in [1.29, 1.82) is 0 Å². The van der Waals surface area contributed by atoms with E-state index in [0.29, 0.717) is 0 Å². The summed E-state index contributed by atoms with van der Waals surface area (Å²) in [5.41, 5.74) is 2.10. The van der Waals surface area contributed by atoms with Gasteiger partial charge in [0.1, 0.15) is 0 Å². The minimum absolute atomic E-state index is 0.152. The SMILES string of the molecule is C=Cc1ccccc1C(CC)O[Si](OC)(OC)OC. The zero-order chi connectivity index (χ0) is 14.3. The summed E-state index contributed by atoms with van der Waals surface area (Å²) in [6.07, 6.45) is 2.45. The van der Waals surface area contributed by atoms with Crippen molar-refractivity contribution < 1.29 is 17.7 Å². The molecule has 1 rings (SSSR count). The van der Waals surface area contributed by atoms with E-state index in [2.05, 4.69) is 6.58 Å². The van der Waals surface area contributed by atoms with E-state index in [4.69, 9.17) is 17.7 Å². The van der Waals surface area contributed by atoms with Crippen LogP contribution < -0.4 is 0 Å². The normalized spacial score (nSPS) is 13.3. The molecule has 0 amide bonds. The number of hydrogen-bond acceptors (Lipinski definition) is 4. The van der Waals surface area contributed by atoms with Crippen LogP contribution in [0.25, 0.3) is 6.08 Å². The van der Waals surface area contributed by atoms with Crippen LogP contribution in [0.15, 0.2) is 30.8 Å². The second-order valence-corrected chi connectivity index (χ2v) is 6.42. The van der Waals surface area contributed by atoms with Crippen LogP contribution in [0.2, 0.25) is 0 Å². The van der Waals surface area contributed by atoms with Crippen LogP contribution >= 0.6 is 0 Å². The molecule has 0 fully saturated rings. The molecule has 19 heavy (non-hydrogen) atoms. The monoisotopic (exact) mass is 282 g/mol. The Labute approximate surface area is 116 Å². The van der Waals surface area contributed by atoms with Gasteiger partial charge in [0.05, 0.1) is 6.10 Å². The number of benzene rings is 1. The first-order valence-corrected chi connectivity index (χ1v) is 7.84. The Morgan fingerprint density at radius 2 is 1.74 bits per heavy atom. The van der Waals surface area contributed by atoms with Crippen LogP contribution in [0.1, 0.15) is 30.6 Å². The molecule has 0 saturated heterocycles. The van der Waals surface area contributed by atoms with Gasteiger partial charge in [0.2, 0.25) is 0 Å². The summed E-state index contributed by atoms with van der Waals surface area (Å²) in [6, 6.07) is 7.97. The zero-order valence-electron chi connectivity index (χ0n) is 12.0. The minimum atomic E-state index is -3.05.